The lowest BCUT2D eigenvalue weighted by atomic mass is 10.0. The second kappa shape index (κ2) is 7.89. The van der Waals surface area contributed by atoms with Gasteiger partial charge in [-0.1, -0.05) is 38.0 Å². The molecule has 0 aromatic heterocycles. The number of nitrogens with one attached hydrogen (secondary N) is 1. The molecule has 1 rings (SSSR count). The molecule has 0 amide bonds. The zero-order chi connectivity index (χ0) is 14.3. The van der Waals surface area contributed by atoms with E-state index in [0.29, 0.717) is 12.0 Å². The molecule has 1 aromatic carbocycles. The molecule has 0 saturated heterocycles. The van der Waals surface area contributed by atoms with E-state index in [-0.39, 0.29) is 23.9 Å². The first-order chi connectivity index (χ1) is 9.10. The van der Waals surface area contributed by atoms with Crippen LogP contribution in [0.2, 0.25) is 0 Å². The van der Waals surface area contributed by atoms with Crippen molar-refractivity contribution in [3.8, 4) is 0 Å². The van der Waals surface area contributed by atoms with Crippen molar-refractivity contribution in [2.24, 2.45) is 0 Å². The van der Waals surface area contributed by atoms with E-state index in [4.69, 9.17) is 4.74 Å². The van der Waals surface area contributed by atoms with Crippen LogP contribution in [0.4, 0.5) is 4.39 Å². The van der Waals surface area contributed by atoms with Crippen LogP contribution >= 0.6 is 0 Å². The average Bonchev–Trinajstić information content (AvgIpc) is 2.42. The van der Waals surface area contributed by atoms with Gasteiger partial charge in [-0.05, 0) is 19.4 Å². The SMILES string of the molecule is CCCCC(N[C@H](C)c1ccccc1F)C(=O)OC. The van der Waals surface area contributed by atoms with Gasteiger partial charge in [-0.25, -0.2) is 4.39 Å². The molecule has 1 aromatic rings. The largest absolute Gasteiger partial charge is 0.468 e. The average molecular weight is 267 g/mol. The fourth-order valence-corrected chi connectivity index (χ4v) is 2.04. The lowest BCUT2D eigenvalue weighted by Crippen LogP contribution is -2.39. The molecule has 0 radical (unpaired) electrons. The maximum absolute atomic E-state index is 13.7. The first-order valence-corrected chi connectivity index (χ1v) is 6.68. The zero-order valence-electron chi connectivity index (χ0n) is 11.8. The smallest absolute Gasteiger partial charge is 0.322 e. The summed E-state index contributed by atoms with van der Waals surface area (Å²) in [5, 5.41) is 3.15. The van der Waals surface area contributed by atoms with Crippen LogP contribution < -0.4 is 5.32 Å². The van der Waals surface area contributed by atoms with Gasteiger partial charge < -0.3 is 4.74 Å². The van der Waals surface area contributed by atoms with Gasteiger partial charge in [0.1, 0.15) is 11.9 Å². The summed E-state index contributed by atoms with van der Waals surface area (Å²) in [5.41, 5.74) is 0.563. The number of carbonyl (C=O) groups is 1. The second-order valence-corrected chi connectivity index (χ2v) is 4.63. The van der Waals surface area contributed by atoms with Crippen molar-refractivity contribution >= 4 is 5.97 Å². The molecule has 1 N–H and O–H groups in total. The van der Waals surface area contributed by atoms with Gasteiger partial charge in [0, 0.05) is 11.6 Å². The summed E-state index contributed by atoms with van der Waals surface area (Å²) in [4.78, 5) is 11.7. The summed E-state index contributed by atoms with van der Waals surface area (Å²) < 4.78 is 18.5. The van der Waals surface area contributed by atoms with Crippen LogP contribution in [-0.2, 0) is 9.53 Å². The molecule has 19 heavy (non-hydrogen) atoms. The molecule has 0 aliphatic rings. The highest BCUT2D eigenvalue weighted by atomic mass is 19.1. The molecule has 2 atom stereocenters. The molecule has 0 bridgehead atoms. The Labute approximate surface area is 114 Å². The molecule has 106 valence electrons. The maximum Gasteiger partial charge on any atom is 0.322 e. The summed E-state index contributed by atoms with van der Waals surface area (Å²) in [6.07, 6.45) is 2.63. The predicted molar refractivity (Wildman–Crippen MR) is 73.3 cm³/mol. The van der Waals surface area contributed by atoms with Crippen LogP contribution in [0, 0.1) is 5.82 Å². The maximum atomic E-state index is 13.7. The number of benzene rings is 1. The van der Waals surface area contributed by atoms with Gasteiger partial charge >= 0.3 is 5.97 Å². The molecule has 0 aliphatic carbocycles. The summed E-state index contributed by atoms with van der Waals surface area (Å²) in [7, 11) is 1.37. The third-order valence-electron chi connectivity index (χ3n) is 3.15. The number of carbonyl (C=O) groups excluding carboxylic acids is 1. The molecule has 0 fully saturated rings. The molecule has 4 heteroatoms. The van der Waals surface area contributed by atoms with E-state index >= 15 is 0 Å². The Bertz CT molecular complexity index is 409. The van der Waals surface area contributed by atoms with E-state index in [1.807, 2.05) is 6.92 Å². The first-order valence-electron chi connectivity index (χ1n) is 6.68. The van der Waals surface area contributed by atoms with Gasteiger partial charge in [0.15, 0.2) is 0 Å². The van der Waals surface area contributed by atoms with Crippen LogP contribution in [0.5, 0.6) is 0 Å². The molecule has 0 heterocycles. The zero-order valence-corrected chi connectivity index (χ0v) is 11.8. The van der Waals surface area contributed by atoms with Crippen LogP contribution in [0.15, 0.2) is 24.3 Å². The standard InChI is InChI=1S/C15H22FNO2/c1-4-5-10-14(15(18)19-3)17-11(2)12-8-6-7-9-13(12)16/h6-9,11,14,17H,4-5,10H2,1-3H3/t11-,14?/m1/s1. The first kappa shape index (κ1) is 15.6. The highest BCUT2D eigenvalue weighted by molar-refractivity contribution is 5.75. The van der Waals surface area contributed by atoms with Crippen LogP contribution in [0.1, 0.15) is 44.7 Å². The normalized spacial score (nSPS) is 13.9. The van der Waals surface area contributed by atoms with Gasteiger partial charge in [0.2, 0.25) is 0 Å². The number of hydrogen-bond acceptors (Lipinski definition) is 3. The fourth-order valence-electron chi connectivity index (χ4n) is 2.04. The molecule has 0 spiro atoms. The minimum atomic E-state index is -0.389. The summed E-state index contributed by atoms with van der Waals surface area (Å²) >= 11 is 0. The van der Waals surface area contributed by atoms with Gasteiger partial charge in [0.25, 0.3) is 0 Å². The lowest BCUT2D eigenvalue weighted by molar-refractivity contribution is -0.143. The van der Waals surface area contributed by atoms with E-state index in [1.54, 1.807) is 18.2 Å². The number of methoxy groups -OCH3 is 1. The minimum Gasteiger partial charge on any atom is -0.468 e. The van der Waals surface area contributed by atoms with Crippen molar-refractivity contribution in [1.29, 1.82) is 0 Å². The van der Waals surface area contributed by atoms with Crippen molar-refractivity contribution in [2.75, 3.05) is 7.11 Å². The number of halogens is 1. The van der Waals surface area contributed by atoms with Crippen LogP contribution in [-0.4, -0.2) is 19.1 Å². The number of esters is 1. The third kappa shape index (κ3) is 4.63. The Morgan fingerprint density at radius 3 is 2.68 bits per heavy atom. The fraction of sp³-hybridized carbons (Fsp3) is 0.533. The van der Waals surface area contributed by atoms with Crippen molar-refractivity contribution in [3.05, 3.63) is 35.6 Å². The van der Waals surface area contributed by atoms with E-state index in [2.05, 4.69) is 12.2 Å². The number of rotatable bonds is 7. The Hall–Kier alpha value is -1.42. The van der Waals surface area contributed by atoms with Gasteiger partial charge in [-0.15, -0.1) is 0 Å². The van der Waals surface area contributed by atoms with Crippen molar-refractivity contribution in [2.45, 2.75) is 45.2 Å². The van der Waals surface area contributed by atoms with E-state index in [9.17, 15) is 9.18 Å². The Morgan fingerprint density at radius 2 is 2.11 bits per heavy atom. The summed E-state index contributed by atoms with van der Waals surface area (Å²) in [5.74, 6) is -0.557. The molecular weight excluding hydrogens is 245 g/mol. The molecule has 0 aliphatic heterocycles. The van der Waals surface area contributed by atoms with E-state index in [0.717, 1.165) is 12.8 Å². The highest BCUT2D eigenvalue weighted by Crippen LogP contribution is 2.18. The summed E-state index contributed by atoms with van der Waals surface area (Å²) in [6, 6.07) is 5.96. The van der Waals surface area contributed by atoms with Gasteiger partial charge in [-0.2, -0.15) is 0 Å². The Kier molecular flexibility index (Phi) is 6.50. The van der Waals surface area contributed by atoms with E-state index in [1.165, 1.54) is 13.2 Å². The molecule has 0 saturated carbocycles. The van der Waals surface area contributed by atoms with Crippen molar-refractivity contribution < 1.29 is 13.9 Å². The minimum absolute atomic E-state index is 0.234. The Morgan fingerprint density at radius 1 is 1.42 bits per heavy atom. The monoisotopic (exact) mass is 267 g/mol. The summed E-state index contributed by atoms with van der Waals surface area (Å²) in [6.45, 7) is 3.91. The van der Waals surface area contributed by atoms with Crippen molar-refractivity contribution in [3.63, 3.8) is 0 Å². The van der Waals surface area contributed by atoms with Crippen molar-refractivity contribution in [1.82, 2.24) is 5.32 Å². The molecule has 3 nitrogen and oxygen atoms in total. The Balaban J connectivity index is 2.72. The molecular formula is C15H22FNO2. The topological polar surface area (TPSA) is 38.3 Å². The predicted octanol–water partition coefficient (Wildman–Crippen LogP) is 3.21. The highest BCUT2D eigenvalue weighted by Gasteiger charge is 2.22. The third-order valence-corrected chi connectivity index (χ3v) is 3.15. The van der Waals surface area contributed by atoms with Gasteiger partial charge in [0.05, 0.1) is 7.11 Å². The second-order valence-electron chi connectivity index (χ2n) is 4.63. The number of hydrogen-bond donors (Lipinski definition) is 1. The van der Waals surface area contributed by atoms with Crippen LogP contribution in [0.25, 0.3) is 0 Å². The number of ether oxygens (including phenoxy) is 1. The van der Waals surface area contributed by atoms with Crippen LogP contribution in [0.3, 0.4) is 0 Å². The number of unbranched alkanes of at least 4 members (excludes halogenated alkanes) is 1. The quantitative estimate of drug-likeness (QED) is 0.771. The van der Waals surface area contributed by atoms with Gasteiger partial charge in [-0.3, -0.25) is 10.1 Å². The van der Waals surface area contributed by atoms with E-state index < -0.39 is 0 Å². The molecule has 1 unspecified atom stereocenters. The lowest BCUT2D eigenvalue weighted by Gasteiger charge is -2.22.